The van der Waals surface area contributed by atoms with Crippen molar-refractivity contribution in [1.29, 1.82) is 0 Å². The second-order valence-electron chi connectivity index (χ2n) is 8.70. The molecule has 4 rings (SSSR count). The lowest BCUT2D eigenvalue weighted by Crippen LogP contribution is -2.72. The van der Waals surface area contributed by atoms with Gasteiger partial charge in [-0.25, -0.2) is 0 Å². The van der Waals surface area contributed by atoms with E-state index in [1.54, 1.807) is 0 Å². The summed E-state index contributed by atoms with van der Waals surface area (Å²) < 4.78 is 12.1. The number of hydrogen-bond donors (Lipinski definition) is 2. The third-order valence-corrected chi connectivity index (χ3v) is 7.15. The second-order valence-corrected chi connectivity index (χ2v) is 8.70. The molecular weight excluding hydrogens is 326 g/mol. The Labute approximate surface area is 158 Å². The highest BCUT2D eigenvalue weighted by atomic mass is 16.5. The molecular formula is C21H37N3O2. The van der Waals surface area contributed by atoms with Crippen molar-refractivity contribution in [3.05, 3.63) is 0 Å². The van der Waals surface area contributed by atoms with Crippen molar-refractivity contribution < 1.29 is 9.47 Å². The van der Waals surface area contributed by atoms with Gasteiger partial charge in [-0.3, -0.25) is 4.99 Å². The molecule has 4 fully saturated rings. The molecule has 0 amide bonds. The van der Waals surface area contributed by atoms with Crippen LogP contribution in [0.3, 0.4) is 0 Å². The highest BCUT2D eigenvalue weighted by Crippen LogP contribution is 2.62. The van der Waals surface area contributed by atoms with Crippen molar-refractivity contribution in [3.8, 4) is 0 Å². The Morgan fingerprint density at radius 2 is 2.00 bits per heavy atom. The van der Waals surface area contributed by atoms with Gasteiger partial charge in [0.05, 0.1) is 12.2 Å². The summed E-state index contributed by atoms with van der Waals surface area (Å²) in [5.41, 5.74) is 0.404. The predicted molar refractivity (Wildman–Crippen MR) is 104 cm³/mol. The Balaban J connectivity index is 1.23. The molecule has 3 aliphatic carbocycles. The zero-order chi connectivity index (χ0) is 17.8. The van der Waals surface area contributed by atoms with E-state index >= 15 is 0 Å². The Bertz CT molecular complexity index is 486. The summed E-state index contributed by atoms with van der Waals surface area (Å²) in [5, 5.41) is 7.22. The minimum atomic E-state index is 0.404. The third kappa shape index (κ3) is 3.62. The number of ether oxygens (including phenoxy) is 2. The fourth-order valence-electron chi connectivity index (χ4n) is 5.66. The van der Waals surface area contributed by atoms with Crippen LogP contribution >= 0.6 is 0 Å². The van der Waals surface area contributed by atoms with Crippen molar-refractivity contribution in [2.75, 3.05) is 26.3 Å². The van der Waals surface area contributed by atoms with Crippen LogP contribution in [0.2, 0.25) is 0 Å². The van der Waals surface area contributed by atoms with Gasteiger partial charge in [-0.1, -0.05) is 25.7 Å². The van der Waals surface area contributed by atoms with E-state index in [0.717, 1.165) is 38.7 Å². The van der Waals surface area contributed by atoms with Gasteiger partial charge >= 0.3 is 0 Å². The van der Waals surface area contributed by atoms with E-state index in [1.807, 2.05) is 0 Å². The van der Waals surface area contributed by atoms with Gasteiger partial charge in [0.1, 0.15) is 0 Å². The molecule has 4 aliphatic rings. The maximum atomic E-state index is 6.04. The van der Waals surface area contributed by atoms with Crippen molar-refractivity contribution >= 4 is 5.96 Å². The number of guanidine groups is 1. The molecule has 1 spiro atoms. The summed E-state index contributed by atoms with van der Waals surface area (Å²) in [7, 11) is 0. The SMILES string of the molecule is CCNC(=NCCCOC1CCCCC1)NC1C2CCOC2C12CCC2. The van der Waals surface area contributed by atoms with Crippen molar-refractivity contribution in [1.82, 2.24) is 10.6 Å². The summed E-state index contributed by atoms with van der Waals surface area (Å²) in [4.78, 5) is 4.83. The summed E-state index contributed by atoms with van der Waals surface area (Å²) in [5.74, 6) is 1.68. The molecule has 3 atom stereocenters. The Morgan fingerprint density at radius 3 is 2.73 bits per heavy atom. The quantitative estimate of drug-likeness (QED) is 0.414. The predicted octanol–water partition coefficient (Wildman–Crippen LogP) is 3.24. The molecule has 0 aromatic rings. The van der Waals surface area contributed by atoms with Crippen LogP contribution in [0.15, 0.2) is 4.99 Å². The van der Waals surface area contributed by atoms with E-state index in [0.29, 0.717) is 29.6 Å². The number of fused-ring (bicyclic) bond motifs is 2. The first-order chi connectivity index (χ1) is 12.8. The highest BCUT2D eigenvalue weighted by Gasteiger charge is 2.66. The summed E-state index contributed by atoms with van der Waals surface area (Å²) in [6.07, 6.45) is 13.8. The molecule has 0 aromatic carbocycles. The molecule has 0 aromatic heterocycles. The summed E-state index contributed by atoms with van der Waals surface area (Å²) in [6, 6.07) is 0.556. The smallest absolute Gasteiger partial charge is 0.191 e. The van der Waals surface area contributed by atoms with Gasteiger partial charge in [-0.05, 0) is 45.4 Å². The molecule has 5 nitrogen and oxygen atoms in total. The zero-order valence-corrected chi connectivity index (χ0v) is 16.5. The number of rotatable bonds is 7. The molecule has 148 valence electrons. The van der Waals surface area contributed by atoms with Gasteiger partial charge in [0.25, 0.3) is 0 Å². The number of hydrogen-bond acceptors (Lipinski definition) is 3. The van der Waals surface area contributed by atoms with E-state index in [4.69, 9.17) is 14.5 Å². The van der Waals surface area contributed by atoms with Crippen LogP contribution in [-0.2, 0) is 9.47 Å². The zero-order valence-electron chi connectivity index (χ0n) is 16.5. The van der Waals surface area contributed by atoms with Gasteiger partial charge < -0.3 is 20.1 Å². The Morgan fingerprint density at radius 1 is 1.15 bits per heavy atom. The third-order valence-electron chi connectivity index (χ3n) is 7.15. The van der Waals surface area contributed by atoms with Crippen LogP contribution in [0.5, 0.6) is 0 Å². The van der Waals surface area contributed by atoms with Crippen LogP contribution in [0.4, 0.5) is 0 Å². The van der Waals surface area contributed by atoms with E-state index < -0.39 is 0 Å². The van der Waals surface area contributed by atoms with Gasteiger partial charge in [0.2, 0.25) is 0 Å². The minimum absolute atomic E-state index is 0.404. The molecule has 3 unspecified atom stereocenters. The van der Waals surface area contributed by atoms with Crippen LogP contribution in [0, 0.1) is 11.3 Å². The normalized spacial score (nSPS) is 33.4. The van der Waals surface area contributed by atoms with Crippen LogP contribution < -0.4 is 10.6 Å². The lowest BCUT2D eigenvalue weighted by Gasteiger charge is -2.63. The lowest BCUT2D eigenvalue weighted by atomic mass is 9.46. The molecule has 26 heavy (non-hydrogen) atoms. The van der Waals surface area contributed by atoms with E-state index in [-0.39, 0.29) is 0 Å². The van der Waals surface area contributed by atoms with Crippen LogP contribution in [0.1, 0.15) is 71.1 Å². The first-order valence-electron chi connectivity index (χ1n) is 11.1. The van der Waals surface area contributed by atoms with Gasteiger partial charge in [-0.15, -0.1) is 0 Å². The minimum Gasteiger partial charge on any atom is -0.378 e. The molecule has 0 bridgehead atoms. The van der Waals surface area contributed by atoms with Crippen molar-refractivity contribution in [3.63, 3.8) is 0 Å². The summed E-state index contributed by atoms with van der Waals surface area (Å²) in [6.45, 7) is 5.69. The first-order valence-corrected chi connectivity index (χ1v) is 11.1. The molecule has 1 aliphatic heterocycles. The molecule has 1 heterocycles. The lowest BCUT2D eigenvalue weighted by molar-refractivity contribution is -0.171. The second kappa shape index (κ2) is 8.47. The molecule has 0 radical (unpaired) electrons. The number of nitrogens with one attached hydrogen (secondary N) is 2. The van der Waals surface area contributed by atoms with Gasteiger partial charge in [-0.2, -0.15) is 0 Å². The fourth-order valence-corrected chi connectivity index (χ4v) is 5.66. The first kappa shape index (κ1) is 18.5. The monoisotopic (exact) mass is 363 g/mol. The molecule has 1 saturated heterocycles. The number of aliphatic imine (C=N–C) groups is 1. The Hall–Kier alpha value is -0.810. The maximum Gasteiger partial charge on any atom is 0.191 e. The standard InChI is InChI=1S/C21H37N3O2/c1-2-22-20(23-13-7-14-25-16-8-4-3-5-9-16)24-18-17-10-15-26-19(17)21(18)11-6-12-21/h16-19H,2-15H2,1H3,(H2,22,23,24). The number of nitrogens with zero attached hydrogens (tertiary/aromatic N) is 1. The van der Waals surface area contributed by atoms with E-state index in [2.05, 4.69) is 17.6 Å². The van der Waals surface area contributed by atoms with Gasteiger partial charge in [0.15, 0.2) is 5.96 Å². The topological polar surface area (TPSA) is 54.9 Å². The molecule has 3 saturated carbocycles. The van der Waals surface area contributed by atoms with E-state index in [1.165, 1.54) is 57.8 Å². The Kier molecular flexibility index (Phi) is 6.04. The highest BCUT2D eigenvalue weighted by molar-refractivity contribution is 5.80. The van der Waals surface area contributed by atoms with Crippen molar-refractivity contribution in [2.45, 2.75) is 89.4 Å². The maximum absolute atomic E-state index is 6.04. The average Bonchev–Trinajstić information content (AvgIpc) is 3.04. The van der Waals surface area contributed by atoms with E-state index in [9.17, 15) is 0 Å². The van der Waals surface area contributed by atoms with Crippen LogP contribution in [-0.4, -0.2) is 50.5 Å². The summed E-state index contributed by atoms with van der Waals surface area (Å²) >= 11 is 0. The average molecular weight is 364 g/mol. The van der Waals surface area contributed by atoms with Gasteiger partial charge in [0, 0.05) is 43.7 Å². The fraction of sp³-hybridized carbons (Fsp3) is 0.952. The van der Waals surface area contributed by atoms with Crippen LogP contribution in [0.25, 0.3) is 0 Å². The molecule has 2 N–H and O–H groups in total. The largest absolute Gasteiger partial charge is 0.378 e. The molecule has 5 heteroatoms. The van der Waals surface area contributed by atoms with Crippen molar-refractivity contribution in [2.24, 2.45) is 16.3 Å².